The molecule has 218 valence electrons. The van der Waals surface area contributed by atoms with Gasteiger partial charge >= 0.3 is 11.9 Å². The second-order valence-corrected chi connectivity index (χ2v) is 14.1. The second-order valence-electron chi connectivity index (χ2n) is 14.1. The van der Waals surface area contributed by atoms with E-state index in [0.29, 0.717) is 32.1 Å². The van der Waals surface area contributed by atoms with Crippen molar-refractivity contribution in [2.24, 2.45) is 39.4 Å². The van der Waals surface area contributed by atoms with Crippen LogP contribution in [0.4, 0.5) is 0 Å². The zero-order chi connectivity index (χ0) is 29.4. The maximum absolute atomic E-state index is 13.9. The molecule has 0 saturated heterocycles. The number of carbonyl (C=O) groups is 4. The van der Waals surface area contributed by atoms with Crippen LogP contribution in [0.2, 0.25) is 0 Å². The SMILES string of the molecule is CC[C@H](C)C(=O)O[C@@H]1C[C@H]2C(C)(C)C(=O)CC[C@]2(C)[C@H]2C[C@@H](OC(C)=O)[C@]3(C)C(=CC(=O)[C@H]3c3ccoc3)[C@@]21C. The van der Waals surface area contributed by atoms with Gasteiger partial charge in [-0.2, -0.15) is 0 Å². The van der Waals surface area contributed by atoms with Gasteiger partial charge in [-0.3, -0.25) is 19.2 Å². The third kappa shape index (κ3) is 3.82. The van der Waals surface area contributed by atoms with Gasteiger partial charge in [0.25, 0.3) is 0 Å². The molecular weight excluding hydrogens is 508 g/mol. The Hall–Kier alpha value is -2.70. The van der Waals surface area contributed by atoms with E-state index in [4.69, 9.17) is 13.9 Å². The summed E-state index contributed by atoms with van der Waals surface area (Å²) in [5.74, 6) is -1.43. The summed E-state index contributed by atoms with van der Waals surface area (Å²) in [6.07, 6.45) is 6.71. The fourth-order valence-corrected chi connectivity index (χ4v) is 9.42. The maximum Gasteiger partial charge on any atom is 0.308 e. The van der Waals surface area contributed by atoms with Crippen LogP contribution in [0.15, 0.2) is 34.7 Å². The summed E-state index contributed by atoms with van der Waals surface area (Å²) in [5.41, 5.74) is -0.785. The van der Waals surface area contributed by atoms with Crippen molar-refractivity contribution in [3.63, 3.8) is 0 Å². The van der Waals surface area contributed by atoms with E-state index in [-0.39, 0.29) is 40.7 Å². The van der Waals surface area contributed by atoms with Crippen LogP contribution in [0.3, 0.4) is 0 Å². The molecule has 9 atom stereocenters. The highest BCUT2D eigenvalue weighted by Gasteiger charge is 2.72. The van der Waals surface area contributed by atoms with Gasteiger partial charge in [-0.15, -0.1) is 0 Å². The number of furan rings is 1. The van der Waals surface area contributed by atoms with Crippen LogP contribution in [-0.2, 0) is 28.7 Å². The maximum atomic E-state index is 13.9. The highest BCUT2D eigenvalue weighted by molar-refractivity contribution is 6.01. The summed E-state index contributed by atoms with van der Waals surface area (Å²) in [6.45, 7) is 15.7. The van der Waals surface area contributed by atoms with E-state index < -0.39 is 40.3 Å². The molecule has 0 spiro atoms. The van der Waals surface area contributed by atoms with Gasteiger partial charge in [0.05, 0.1) is 24.4 Å². The van der Waals surface area contributed by atoms with Crippen molar-refractivity contribution in [1.29, 1.82) is 0 Å². The van der Waals surface area contributed by atoms with Gasteiger partial charge in [0.1, 0.15) is 18.0 Å². The molecular formula is C33H44O7. The van der Waals surface area contributed by atoms with E-state index in [9.17, 15) is 19.2 Å². The molecule has 0 bridgehead atoms. The molecule has 4 aliphatic rings. The predicted octanol–water partition coefficient (Wildman–Crippen LogP) is 6.21. The van der Waals surface area contributed by atoms with E-state index in [0.717, 1.165) is 11.1 Å². The number of hydrogen-bond donors (Lipinski definition) is 0. The number of fused-ring (bicyclic) bond motifs is 5. The molecule has 7 nitrogen and oxygen atoms in total. The van der Waals surface area contributed by atoms with Gasteiger partial charge in [-0.05, 0) is 60.6 Å². The van der Waals surface area contributed by atoms with E-state index in [2.05, 4.69) is 13.8 Å². The topological polar surface area (TPSA) is 99.9 Å². The monoisotopic (exact) mass is 552 g/mol. The minimum atomic E-state index is -0.845. The van der Waals surface area contributed by atoms with E-state index in [1.54, 1.807) is 24.7 Å². The van der Waals surface area contributed by atoms with Crippen LogP contribution in [0.25, 0.3) is 0 Å². The van der Waals surface area contributed by atoms with Crippen molar-refractivity contribution in [2.45, 2.75) is 106 Å². The molecule has 40 heavy (non-hydrogen) atoms. The van der Waals surface area contributed by atoms with Crippen molar-refractivity contribution in [3.05, 3.63) is 35.8 Å². The van der Waals surface area contributed by atoms with Crippen LogP contribution in [0.5, 0.6) is 0 Å². The van der Waals surface area contributed by atoms with Crippen LogP contribution in [0.1, 0.15) is 99.0 Å². The fourth-order valence-electron chi connectivity index (χ4n) is 9.42. The number of hydrogen-bond acceptors (Lipinski definition) is 7. The van der Waals surface area contributed by atoms with Gasteiger partial charge < -0.3 is 13.9 Å². The van der Waals surface area contributed by atoms with Crippen LogP contribution >= 0.6 is 0 Å². The molecule has 1 aromatic rings. The normalized spacial score (nSPS) is 40.8. The minimum Gasteiger partial charge on any atom is -0.472 e. The van der Waals surface area contributed by atoms with Gasteiger partial charge in [-0.25, -0.2) is 0 Å². The number of esters is 2. The Kier molecular flexibility index (Phi) is 6.79. The zero-order valence-electron chi connectivity index (χ0n) is 25.2. The van der Waals surface area contributed by atoms with Crippen molar-refractivity contribution < 1.29 is 33.1 Å². The van der Waals surface area contributed by atoms with Crippen LogP contribution in [0, 0.1) is 39.4 Å². The predicted molar refractivity (Wildman–Crippen MR) is 148 cm³/mol. The third-order valence-corrected chi connectivity index (χ3v) is 11.8. The first-order chi connectivity index (χ1) is 18.6. The summed E-state index contributed by atoms with van der Waals surface area (Å²) in [6, 6.07) is 1.80. The highest BCUT2D eigenvalue weighted by Crippen LogP contribution is 2.73. The van der Waals surface area contributed by atoms with Gasteiger partial charge in [0.15, 0.2) is 5.78 Å². The Morgan fingerprint density at radius 2 is 1.68 bits per heavy atom. The van der Waals surface area contributed by atoms with E-state index in [1.165, 1.54) is 6.92 Å². The van der Waals surface area contributed by atoms with E-state index in [1.807, 2.05) is 34.6 Å². The molecule has 1 heterocycles. The lowest BCUT2D eigenvalue weighted by molar-refractivity contribution is -0.220. The molecule has 5 rings (SSSR count). The first-order valence-corrected chi connectivity index (χ1v) is 14.8. The average Bonchev–Trinajstić information content (AvgIpc) is 3.50. The van der Waals surface area contributed by atoms with Gasteiger partial charge in [-0.1, -0.05) is 48.5 Å². The molecule has 0 radical (unpaired) electrons. The third-order valence-electron chi connectivity index (χ3n) is 11.8. The first kappa shape index (κ1) is 28.8. The molecule has 3 saturated carbocycles. The fraction of sp³-hybridized carbons (Fsp3) is 0.697. The molecule has 0 unspecified atom stereocenters. The summed E-state index contributed by atoms with van der Waals surface area (Å²) in [5, 5.41) is 0. The number of rotatable bonds is 5. The molecule has 1 aromatic heterocycles. The van der Waals surface area contributed by atoms with Crippen molar-refractivity contribution in [3.8, 4) is 0 Å². The highest BCUT2D eigenvalue weighted by atomic mass is 16.6. The van der Waals surface area contributed by atoms with E-state index >= 15 is 0 Å². The van der Waals surface area contributed by atoms with Crippen LogP contribution < -0.4 is 0 Å². The number of ether oxygens (including phenoxy) is 2. The van der Waals surface area contributed by atoms with Crippen molar-refractivity contribution in [2.75, 3.05) is 0 Å². The molecule has 0 aliphatic heterocycles. The molecule has 7 heteroatoms. The Labute approximate surface area is 237 Å². The second kappa shape index (κ2) is 9.42. The Balaban J connectivity index is 1.72. The summed E-state index contributed by atoms with van der Waals surface area (Å²) in [7, 11) is 0. The molecule has 0 aromatic carbocycles. The lowest BCUT2D eigenvalue weighted by atomic mass is 9.37. The number of allylic oxidation sites excluding steroid dienone is 1. The van der Waals surface area contributed by atoms with Gasteiger partial charge in [0.2, 0.25) is 0 Å². The quantitative estimate of drug-likeness (QED) is 0.400. The Morgan fingerprint density at radius 3 is 2.27 bits per heavy atom. The average molecular weight is 553 g/mol. The summed E-state index contributed by atoms with van der Waals surface area (Å²) >= 11 is 0. The number of carbonyl (C=O) groups excluding carboxylic acids is 4. The molecule has 0 N–H and O–H groups in total. The lowest BCUT2D eigenvalue weighted by Crippen LogP contribution is -2.67. The van der Waals surface area contributed by atoms with Crippen molar-refractivity contribution >= 4 is 23.5 Å². The zero-order valence-corrected chi connectivity index (χ0v) is 25.2. The number of ketones is 2. The van der Waals surface area contributed by atoms with Crippen molar-refractivity contribution in [1.82, 2.24) is 0 Å². The smallest absolute Gasteiger partial charge is 0.308 e. The summed E-state index contributed by atoms with van der Waals surface area (Å²) < 4.78 is 17.9. The number of Topliss-reactive ketones (excluding diaryl/α,β-unsaturated/α-hetero) is 1. The summed E-state index contributed by atoms with van der Waals surface area (Å²) in [4.78, 5) is 53.0. The largest absolute Gasteiger partial charge is 0.472 e. The molecule has 0 amide bonds. The Bertz CT molecular complexity index is 1260. The molecule has 4 aliphatic carbocycles. The first-order valence-electron chi connectivity index (χ1n) is 14.8. The Morgan fingerprint density at radius 1 is 1.02 bits per heavy atom. The van der Waals surface area contributed by atoms with Crippen LogP contribution in [-0.4, -0.2) is 35.7 Å². The molecule has 3 fully saturated rings. The standard InChI is InChI=1S/C33H44O7/c1-9-18(2)29(37)40-26-15-22-30(4,5)25(36)10-12-31(22,6)23-16-27(39-19(3)34)33(8)24(32(23,26)7)14-21(35)28(33)20-11-13-38-17-20/h11,13-14,17-18,22-23,26-28H,9-10,12,15-16H2,1-8H3/t18-,22-,23+,26+,27+,28+,31-,32+,33-/m0/s1. The van der Waals surface area contributed by atoms with Gasteiger partial charge in [0, 0.05) is 35.2 Å². The minimum absolute atomic E-state index is 0.0289. The lowest BCUT2D eigenvalue weighted by Gasteiger charge is -2.68.